The second kappa shape index (κ2) is 5.95. The second-order valence-corrected chi connectivity index (χ2v) is 4.11. The number of carbonyl (C=O) groups is 1. The van der Waals surface area contributed by atoms with Crippen molar-refractivity contribution in [2.24, 2.45) is 0 Å². The lowest BCUT2D eigenvalue weighted by atomic mass is 10.2. The topological polar surface area (TPSA) is 66.9 Å². The fraction of sp³-hybridized carbons (Fsp3) is 0.214. The number of amides is 1. The third kappa shape index (κ3) is 3.28. The Morgan fingerprint density at radius 1 is 1.26 bits per heavy atom. The molecule has 0 fully saturated rings. The average molecular weight is 256 g/mol. The van der Waals surface area contributed by atoms with Crippen molar-refractivity contribution in [2.75, 3.05) is 17.2 Å². The van der Waals surface area contributed by atoms with E-state index < -0.39 is 0 Å². The number of anilines is 2. The van der Waals surface area contributed by atoms with E-state index in [4.69, 9.17) is 0 Å². The average Bonchev–Trinajstić information content (AvgIpc) is 2.42. The maximum Gasteiger partial charge on any atom is 0.257 e. The van der Waals surface area contributed by atoms with Gasteiger partial charge in [0, 0.05) is 30.8 Å². The Hall–Kier alpha value is -2.43. The van der Waals surface area contributed by atoms with Crippen LogP contribution in [0, 0.1) is 6.92 Å². The summed E-state index contributed by atoms with van der Waals surface area (Å²) in [6, 6.07) is 5.31. The molecular formula is C14H16N4O. The summed E-state index contributed by atoms with van der Waals surface area (Å²) in [5.74, 6) is 0.587. The molecule has 19 heavy (non-hydrogen) atoms. The molecule has 2 N–H and O–H groups in total. The van der Waals surface area contributed by atoms with E-state index >= 15 is 0 Å². The number of aryl methyl sites for hydroxylation is 1. The van der Waals surface area contributed by atoms with E-state index in [1.165, 1.54) is 0 Å². The van der Waals surface area contributed by atoms with Crippen molar-refractivity contribution in [2.45, 2.75) is 13.8 Å². The lowest BCUT2D eigenvalue weighted by Crippen LogP contribution is -2.13. The number of nitrogens with zero attached hydrogens (tertiary/aromatic N) is 2. The van der Waals surface area contributed by atoms with E-state index in [1.54, 1.807) is 36.8 Å². The summed E-state index contributed by atoms with van der Waals surface area (Å²) in [5.41, 5.74) is 2.21. The highest BCUT2D eigenvalue weighted by Crippen LogP contribution is 2.13. The van der Waals surface area contributed by atoms with Crippen LogP contribution in [0.4, 0.5) is 11.5 Å². The van der Waals surface area contributed by atoms with Gasteiger partial charge in [-0.2, -0.15) is 0 Å². The lowest BCUT2D eigenvalue weighted by Gasteiger charge is -2.08. The predicted octanol–water partition coefficient (Wildman–Crippen LogP) is 2.47. The minimum atomic E-state index is -0.176. The van der Waals surface area contributed by atoms with Crippen LogP contribution in [0.25, 0.3) is 0 Å². The molecule has 0 unspecified atom stereocenters. The van der Waals surface area contributed by atoms with Gasteiger partial charge in [0.2, 0.25) is 0 Å². The molecule has 0 radical (unpaired) electrons. The number of hydrogen-bond acceptors (Lipinski definition) is 4. The number of pyridine rings is 2. The first-order valence-electron chi connectivity index (χ1n) is 6.12. The molecule has 2 heterocycles. The molecular weight excluding hydrogens is 240 g/mol. The van der Waals surface area contributed by atoms with Gasteiger partial charge in [-0.1, -0.05) is 0 Å². The fourth-order valence-electron chi connectivity index (χ4n) is 1.62. The van der Waals surface area contributed by atoms with Gasteiger partial charge in [-0.25, -0.2) is 4.98 Å². The van der Waals surface area contributed by atoms with E-state index in [9.17, 15) is 4.79 Å². The third-order valence-electron chi connectivity index (χ3n) is 2.65. The molecule has 0 aliphatic carbocycles. The van der Waals surface area contributed by atoms with Crippen LogP contribution in [0.5, 0.6) is 0 Å². The first kappa shape index (κ1) is 13.0. The summed E-state index contributed by atoms with van der Waals surface area (Å²) in [7, 11) is 0. The van der Waals surface area contributed by atoms with Gasteiger partial charge in [0.15, 0.2) is 0 Å². The quantitative estimate of drug-likeness (QED) is 0.881. The van der Waals surface area contributed by atoms with Crippen molar-refractivity contribution in [3.8, 4) is 0 Å². The van der Waals surface area contributed by atoms with Gasteiger partial charge in [-0.3, -0.25) is 9.78 Å². The van der Waals surface area contributed by atoms with E-state index in [2.05, 4.69) is 20.6 Å². The second-order valence-electron chi connectivity index (χ2n) is 4.11. The number of hydrogen-bond donors (Lipinski definition) is 2. The van der Waals surface area contributed by atoms with Gasteiger partial charge in [0.1, 0.15) is 5.82 Å². The van der Waals surface area contributed by atoms with Crippen LogP contribution in [0.15, 0.2) is 36.8 Å². The summed E-state index contributed by atoms with van der Waals surface area (Å²) < 4.78 is 0. The van der Waals surface area contributed by atoms with Crippen LogP contribution < -0.4 is 10.6 Å². The molecule has 0 aromatic carbocycles. The Kier molecular flexibility index (Phi) is 4.07. The summed E-state index contributed by atoms with van der Waals surface area (Å²) in [5, 5.41) is 5.92. The van der Waals surface area contributed by atoms with Crippen molar-refractivity contribution >= 4 is 17.4 Å². The highest BCUT2D eigenvalue weighted by atomic mass is 16.1. The van der Waals surface area contributed by atoms with Crippen molar-refractivity contribution < 1.29 is 4.79 Å². The summed E-state index contributed by atoms with van der Waals surface area (Å²) >= 11 is 0. The number of aromatic nitrogens is 2. The molecule has 0 aliphatic rings. The molecule has 0 bridgehead atoms. The minimum absolute atomic E-state index is 0.176. The SMILES string of the molecule is CCNc1ccc(C(=O)Nc2ccncc2C)cn1. The summed E-state index contributed by atoms with van der Waals surface area (Å²) in [6.07, 6.45) is 4.92. The molecule has 1 amide bonds. The van der Waals surface area contributed by atoms with Crippen molar-refractivity contribution in [1.29, 1.82) is 0 Å². The molecule has 5 heteroatoms. The highest BCUT2D eigenvalue weighted by Gasteiger charge is 2.08. The van der Waals surface area contributed by atoms with Gasteiger partial charge in [-0.05, 0) is 37.6 Å². The fourth-order valence-corrected chi connectivity index (χ4v) is 1.62. The van der Waals surface area contributed by atoms with Crippen molar-refractivity contribution in [3.63, 3.8) is 0 Å². The molecule has 5 nitrogen and oxygen atoms in total. The minimum Gasteiger partial charge on any atom is -0.370 e. The van der Waals surface area contributed by atoms with Crippen molar-refractivity contribution in [1.82, 2.24) is 9.97 Å². The zero-order valence-corrected chi connectivity index (χ0v) is 11.0. The van der Waals surface area contributed by atoms with Gasteiger partial charge in [-0.15, -0.1) is 0 Å². The standard InChI is InChI=1S/C14H16N4O/c1-3-16-13-5-4-11(9-17-13)14(19)18-12-6-7-15-8-10(12)2/h4-9H,3H2,1-2H3,(H,16,17)(H,15,18,19). The Morgan fingerprint density at radius 3 is 2.74 bits per heavy atom. The van der Waals surface area contributed by atoms with E-state index in [0.717, 1.165) is 23.6 Å². The predicted molar refractivity (Wildman–Crippen MR) is 75.3 cm³/mol. The van der Waals surface area contributed by atoms with Crippen LogP contribution in [0.1, 0.15) is 22.8 Å². The molecule has 0 saturated carbocycles. The van der Waals surface area contributed by atoms with E-state index in [0.29, 0.717) is 5.56 Å². The molecule has 0 spiro atoms. The van der Waals surface area contributed by atoms with Crippen LogP contribution >= 0.6 is 0 Å². The highest BCUT2D eigenvalue weighted by molar-refractivity contribution is 6.04. The van der Waals surface area contributed by atoms with Gasteiger partial charge < -0.3 is 10.6 Å². The van der Waals surface area contributed by atoms with Gasteiger partial charge in [0.05, 0.1) is 5.56 Å². The zero-order chi connectivity index (χ0) is 13.7. The normalized spacial score (nSPS) is 10.0. The zero-order valence-electron chi connectivity index (χ0n) is 11.0. The maximum absolute atomic E-state index is 12.0. The van der Waals surface area contributed by atoms with Crippen molar-refractivity contribution in [3.05, 3.63) is 47.9 Å². The monoisotopic (exact) mass is 256 g/mol. The summed E-state index contributed by atoms with van der Waals surface area (Å²) in [6.45, 7) is 4.69. The maximum atomic E-state index is 12.0. The smallest absolute Gasteiger partial charge is 0.257 e. The molecule has 2 aromatic heterocycles. The Labute approximate surface area is 112 Å². The van der Waals surface area contributed by atoms with Crippen LogP contribution in [-0.4, -0.2) is 22.4 Å². The number of nitrogens with one attached hydrogen (secondary N) is 2. The van der Waals surface area contributed by atoms with Gasteiger partial charge >= 0.3 is 0 Å². The van der Waals surface area contributed by atoms with E-state index in [-0.39, 0.29) is 5.91 Å². The van der Waals surface area contributed by atoms with Gasteiger partial charge in [0.25, 0.3) is 5.91 Å². The first-order valence-corrected chi connectivity index (χ1v) is 6.12. The summed E-state index contributed by atoms with van der Waals surface area (Å²) in [4.78, 5) is 20.2. The van der Waals surface area contributed by atoms with Crippen LogP contribution in [0.2, 0.25) is 0 Å². The largest absolute Gasteiger partial charge is 0.370 e. The van der Waals surface area contributed by atoms with Crippen LogP contribution in [-0.2, 0) is 0 Å². The Morgan fingerprint density at radius 2 is 2.11 bits per heavy atom. The lowest BCUT2D eigenvalue weighted by molar-refractivity contribution is 0.102. The van der Waals surface area contributed by atoms with E-state index in [1.807, 2.05) is 13.8 Å². The molecule has 2 aromatic rings. The third-order valence-corrected chi connectivity index (χ3v) is 2.65. The molecule has 2 rings (SSSR count). The molecule has 0 saturated heterocycles. The van der Waals surface area contributed by atoms with Crippen LogP contribution in [0.3, 0.4) is 0 Å². The number of rotatable bonds is 4. The Balaban J connectivity index is 2.10. The Bertz CT molecular complexity index is 566. The first-order chi connectivity index (χ1) is 9.20. The molecule has 0 aliphatic heterocycles. The number of carbonyl (C=O) groups excluding carboxylic acids is 1. The molecule has 0 atom stereocenters. The molecule has 98 valence electrons.